The molecule has 1 aromatic heterocycles. The molecule has 0 saturated carbocycles. The number of hydrogen-bond acceptors (Lipinski definition) is 10. The monoisotopic (exact) mass is 864 g/mol. The van der Waals surface area contributed by atoms with E-state index >= 15 is 0 Å². The van der Waals surface area contributed by atoms with Gasteiger partial charge in [0.25, 0.3) is 7.82 Å². The van der Waals surface area contributed by atoms with Crippen molar-refractivity contribution in [2.75, 3.05) is 47.5 Å². The zero-order chi connectivity index (χ0) is 44.5. The fraction of sp³-hybridized carbons (Fsp3) is 0.708. The molecule has 0 saturated heterocycles. The van der Waals surface area contributed by atoms with E-state index in [2.05, 4.69) is 33.8 Å². The van der Waals surface area contributed by atoms with E-state index < -0.39 is 38.6 Å². The minimum absolute atomic E-state index is 0.0609. The van der Waals surface area contributed by atoms with Crippen LogP contribution in [0.2, 0.25) is 0 Å². The Hall–Kier alpha value is -2.79. The number of quaternary nitrogens is 1. The number of aliphatic hydroxyl groups is 1. The van der Waals surface area contributed by atoms with Crippen LogP contribution >= 0.6 is 7.82 Å². The van der Waals surface area contributed by atoms with Crippen molar-refractivity contribution in [3.63, 3.8) is 0 Å². The SMILES string of the molecule is CCCCC/C=C\C=C/[C@H](O)C/C=C\C/C=C/CCCC(=O)O[C@H](COC(=O)CCCCCCCCCCc1oc(CCC)c(C)c1C)COP(=O)([O-])OCC[N+](C)(C)C. The molecule has 1 heterocycles. The number of nitrogens with zero attached hydrogens (tertiary/aromatic N) is 1. The van der Waals surface area contributed by atoms with Crippen LogP contribution in [-0.2, 0) is 45.5 Å². The van der Waals surface area contributed by atoms with E-state index in [-0.39, 0.29) is 26.1 Å². The Morgan fingerprint density at radius 2 is 1.37 bits per heavy atom. The summed E-state index contributed by atoms with van der Waals surface area (Å²) in [6.45, 7) is 8.24. The summed E-state index contributed by atoms with van der Waals surface area (Å²) in [6.07, 6.45) is 33.0. The average Bonchev–Trinajstić information content (AvgIpc) is 3.45. The lowest BCUT2D eigenvalue weighted by atomic mass is 10.0. The standard InChI is InChI=1S/C48H82NO10P/c1-8-10-11-12-16-21-26-32-43(50)33-27-22-17-15-20-25-30-36-48(52)58-44(40-57-60(53,54)56-38-37-49(5,6)7)39-55-47(51)35-29-24-19-14-13-18-23-28-34-46-42(4)41(3)45(59-46)31-9-2/h15-16,20-22,26-27,32,43-44,50H,8-14,17-19,23-25,28-31,33-40H2,1-7H3/b20-15+,21-16-,27-22-,32-26-/t43-,44+/m0/s1. The number of hydrogen-bond donors (Lipinski definition) is 1. The van der Waals surface area contributed by atoms with E-state index in [0.717, 1.165) is 69.3 Å². The Labute approximate surface area is 363 Å². The number of aliphatic hydroxyl groups excluding tert-OH is 1. The highest BCUT2D eigenvalue weighted by molar-refractivity contribution is 7.45. The number of esters is 2. The predicted octanol–water partition coefficient (Wildman–Crippen LogP) is 10.7. The Kier molecular flexibility index (Phi) is 31.1. The second-order valence-electron chi connectivity index (χ2n) is 16.8. The molecular weight excluding hydrogens is 781 g/mol. The third kappa shape index (κ3) is 30.3. The van der Waals surface area contributed by atoms with Gasteiger partial charge in [-0.25, -0.2) is 0 Å². The lowest BCUT2D eigenvalue weighted by Gasteiger charge is -2.28. The summed E-state index contributed by atoms with van der Waals surface area (Å²) in [4.78, 5) is 37.7. The van der Waals surface area contributed by atoms with Crippen molar-refractivity contribution in [1.82, 2.24) is 0 Å². The van der Waals surface area contributed by atoms with Crippen LogP contribution in [0, 0.1) is 13.8 Å². The third-order valence-corrected chi connectivity index (χ3v) is 11.1. The summed E-state index contributed by atoms with van der Waals surface area (Å²) in [6, 6.07) is 0. The van der Waals surface area contributed by atoms with Crippen molar-refractivity contribution < 1.29 is 51.6 Å². The zero-order valence-corrected chi connectivity index (χ0v) is 39.4. The van der Waals surface area contributed by atoms with Crippen LogP contribution in [0.5, 0.6) is 0 Å². The first-order chi connectivity index (χ1) is 28.7. The van der Waals surface area contributed by atoms with Gasteiger partial charge < -0.3 is 37.4 Å². The lowest BCUT2D eigenvalue weighted by Crippen LogP contribution is -2.37. The van der Waals surface area contributed by atoms with Crippen LogP contribution in [-0.4, -0.2) is 81.2 Å². The molecule has 1 unspecified atom stereocenters. The number of aryl methyl sites for hydroxylation is 2. The van der Waals surface area contributed by atoms with Gasteiger partial charge >= 0.3 is 11.9 Å². The summed E-state index contributed by atoms with van der Waals surface area (Å²) >= 11 is 0. The van der Waals surface area contributed by atoms with E-state index in [1.54, 1.807) is 6.08 Å². The smallest absolute Gasteiger partial charge is 0.306 e. The van der Waals surface area contributed by atoms with Crippen molar-refractivity contribution >= 4 is 19.8 Å². The molecule has 60 heavy (non-hydrogen) atoms. The van der Waals surface area contributed by atoms with Crippen molar-refractivity contribution in [1.29, 1.82) is 0 Å². The largest absolute Gasteiger partial charge is 0.756 e. The molecule has 1 N–H and O–H groups in total. The number of ether oxygens (including phenoxy) is 2. The molecule has 0 aliphatic rings. The first-order valence-electron chi connectivity index (χ1n) is 22.8. The molecule has 0 aliphatic heterocycles. The number of carbonyl (C=O) groups excluding carboxylic acids is 2. The van der Waals surface area contributed by atoms with Crippen LogP contribution in [0.15, 0.2) is 53.0 Å². The zero-order valence-electron chi connectivity index (χ0n) is 38.5. The van der Waals surface area contributed by atoms with Crippen molar-refractivity contribution in [3.05, 3.63) is 71.3 Å². The molecule has 12 heteroatoms. The van der Waals surface area contributed by atoms with Gasteiger partial charge in [-0.2, -0.15) is 0 Å². The molecule has 344 valence electrons. The van der Waals surface area contributed by atoms with Gasteiger partial charge in [0.1, 0.15) is 31.3 Å². The van der Waals surface area contributed by atoms with Crippen molar-refractivity contribution in [2.24, 2.45) is 0 Å². The molecule has 1 aromatic rings. The van der Waals surface area contributed by atoms with Gasteiger partial charge in [-0.3, -0.25) is 14.2 Å². The van der Waals surface area contributed by atoms with Gasteiger partial charge in [0.15, 0.2) is 6.10 Å². The highest BCUT2D eigenvalue weighted by Crippen LogP contribution is 2.38. The first kappa shape index (κ1) is 55.2. The predicted molar refractivity (Wildman–Crippen MR) is 240 cm³/mol. The van der Waals surface area contributed by atoms with Gasteiger partial charge in [0.05, 0.1) is 33.9 Å². The Morgan fingerprint density at radius 3 is 2.05 bits per heavy atom. The summed E-state index contributed by atoms with van der Waals surface area (Å²) < 4.78 is 40.0. The number of phosphoric acid groups is 1. The van der Waals surface area contributed by atoms with E-state index in [9.17, 15) is 24.2 Å². The van der Waals surface area contributed by atoms with Crippen molar-refractivity contribution in [3.8, 4) is 0 Å². The third-order valence-electron chi connectivity index (χ3n) is 10.1. The Bertz CT molecular complexity index is 1460. The van der Waals surface area contributed by atoms with Crippen LogP contribution in [0.4, 0.5) is 0 Å². The van der Waals surface area contributed by atoms with E-state index in [4.69, 9.17) is 22.9 Å². The van der Waals surface area contributed by atoms with Gasteiger partial charge in [0, 0.05) is 25.7 Å². The van der Waals surface area contributed by atoms with Gasteiger partial charge in [-0.15, -0.1) is 0 Å². The lowest BCUT2D eigenvalue weighted by molar-refractivity contribution is -0.870. The minimum Gasteiger partial charge on any atom is -0.756 e. The van der Waals surface area contributed by atoms with E-state index in [1.807, 2.05) is 57.6 Å². The number of unbranched alkanes of at least 4 members (excludes halogenated alkanes) is 11. The highest BCUT2D eigenvalue weighted by Gasteiger charge is 2.22. The number of likely N-dealkylation sites (N-methyl/N-ethyl adjacent to an activating group) is 1. The molecule has 0 fully saturated rings. The summed E-state index contributed by atoms with van der Waals surface area (Å²) in [7, 11) is 1.06. The fourth-order valence-electron chi connectivity index (χ4n) is 6.24. The molecule has 0 aliphatic carbocycles. The normalized spacial score (nSPS) is 14.5. The van der Waals surface area contributed by atoms with E-state index in [0.29, 0.717) is 43.1 Å². The van der Waals surface area contributed by atoms with Gasteiger partial charge in [-0.1, -0.05) is 114 Å². The number of rotatable bonds is 37. The molecule has 0 radical (unpaired) electrons. The summed E-state index contributed by atoms with van der Waals surface area (Å²) in [5.74, 6) is 1.31. The second-order valence-corrected chi connectivity index (χ2v) is 18.3. The number of carbonyl (C=O) groups is 2. The van der Waals surface area contributed by atoms with Crippen LogP contribution in [0.3, 0.4) is 0 Å². The molecular formula is C48H82NO10P. The molecule has 3 atom stereocenters. The molecule has 0 spiro atoms. The maximum Gasteiger partial charge on any atom is 0.306 e. The number of furan rings is 1. The topological polar surface area (TPSA) is 145 Å². The van der Waals surface area contributed by atoms with Crippen LogP contribution in [0.25, 0.3) is 0 Å². The molecule has 0 bridgehead atoms. The quantitative estimate of drug-likeness (QED) is 0.0171. The summed E-state index contributed by atoms with van der Waals surface area (Å²) in [5, 5.41) is 10.1. The van der Waals surface area contributed by atoms with Gasteiger partial charge in [0.2, 0.25) is 0 Å². The maximum atomic E-state index is 12.7. The number of phosphoric ester groups is 1. The summed E-state index contributed by atoms with van der Waals surface area (Å²) in [5.41, 5.74) is 2.61. The Balaban J connectivity index is 2.40. The average molecular weight is 864 g/mol. The van der Waals surface area contributed by atoms with Gasteiger partial charge in [-0.05, 0) is 82.8 Å². The first-order valence-corrected chi connectivity index (χ1v) is 24.3. The van der Waals surface area contributed by atoms with Crippen LogP contribution < -0.4 is 4.89 Å². The number of allylic oxidation sites excluding steroid dienone is 6. The highest BCUT2D eigenvalue weighted by atomic mass is 31.2. The molecule has 1 rings (SSSR count). The van der Waals surface area contributed by atoms with Crippen LogP contribution in [0.1, 0.15) is 158 Å². The molecule has 0 aromatic carbocycles. The Morgan fingerprint density at radius 1 is 0.733 bits per heavy atom. The second kappa shape index (κ2) is 33.8. The maximum absolute atomic E-state index is 12.7. The fourth-order valence-corrected chi connectivity index (χ4v) is 6.97. The minimum atomic E-state index is -4.67. The van der Waals surface area contributed by atoms with Crippen molar-refractivity contribution in [2.45, 2.75) is 175 Å². The molecule has 11 nitrogen and oxygen atoms in total. The molecule has 0 amide bonds. The van der Waals surface area contributed by atoms with E-state index in [1.165, 1.54) is 43.2 Å².